The lowest BCUT2D eigenvalue weighted by molar-refractivity contribution is -0.00862. The summed E-state index contributed by atoms with van der Waals surface area (Å²) in [6.45, 7) is 7.83. The predicted molar refractivity (Wildman–Crippen MR) is 101 cm³/mol. The molecule has 5 nitrogen and oxygen atoms in total. The normalized spacial score (nSPS) is 23.7. The van der Waals surface area contributed by atoms with E-state index >= 15 is 0 Å². The highest BCUT2D eigenvalue weighted by molar-refractivity contribution is 5.80. The van der Waals surface area contributed by atoms with Crippen molar-refractivity contribution < 1.29 is 9.84 Å². The molecular weight excluding hydrogens is 314 g/mol. The zero-order valence-electron chi connectivity index (χ0n) is 15.5. The van der Waals surface area contributed by atoms with E-state index in [4.69, 9.17) is 9.73 Å². The molecule has 25 heavy (non-hydrogen) atoms. The largest absolute Gasteiger partial charge is 0.388 e. The molecule has 1 aromatic carbocycles. The Balaban J connectivity index is 1.71. The molecule has 1 aliphatic carbocycles. The second kappa shape index (κ2) is 8.19. The molecule has 1 atom stereocenters. The van der Waals surface area contributed by atoms with E-state index in [0.29, 0.717) is 13.2 Å². The van der Waals surface area contributed by atoms with E-state index in [1.165, 1.54) is 11.1 Å². The molecule has 138 valence electrons. The average Bonchev–Trinajstić information content (AvgIpc) is 3.06. The number of aryl methyl sites for hydroxylation is 1. The van der Waals surface area contributed by atoms with Gasteiger partial charge in [0.05, 0.1) is 25.3 Å². The van der Waals surface area contributed by atoms with Gasteiger partial charge in [0.1, 0.15) is 6.10 Å². The summed E-state index contributed by atoms with van der Waals surface area (Å²) in [5.41, 5.74) is 1.90. The van der Waals surface area contributed by atoms with Crippen molar-refractivity contribution in [2.24, 2.45) is 4.99 Å². The fourth-order valence-electron chi connectivity index (χ4n) is 3.82. The van der Waals surface area contributed by atoms with Crippen LogP contribution in [0.25, 0.3) is 0 Å². The van der Waals surface area contributed by atoms with E-state index in [0.717, 1.165) is 51.3 Å². The van der Waals surface area contributed by atoms with Crippen LogP contribution in [-0.2, 0) is 4.74 Å². The molecule has 3 rings (SSSR count). The van der Waals surface area contributed by atoms with Gasteiger partial charge < -0.3 is 20.1 Å². The Hall–Kier alpha value is -1.59. The third kappa shape index (κ3) is 4.53. The molecule has 2 fully saturated rings. The predicted octanol–water partition coefficient (Wildman–Crippen LogP) is 2.64. The molecule has 1 unspecified atom stereocenters. The van der Waals surface area contributed by atoms with Crippen molar-refractivity contribution in [1.29, 1.82) is 0 Å². The summed E-state index contributed by atoms with van der Waals surface area (Å²) in [5.74, 6) is 0.893. The maximum atomic E-state index is 10.6. The number of guanidine groups is 1. The lowest BCUT2D eigenvalue weighted by Gasteiger charge is -2.36. The van der Waals surface area contributed by atoms with Crippen molar-refractivity contribution in [3.05, 3.63) is 35.4 Å². The Morgan fingerprint density at radius 3 is 2.84 bits per heavy atom. The first-order valence-corrected chi connectivity index (χ1v) is 9.54. The van der Waals surface area contributed by atoms with Gasteiger partial charge in [-0.15, -0.1) is 0 Å². The number of ether oxygens (including phenoxy) is 1. The molecule has 0 spiro atoms. The first kappa shape index (κ1) is 18.2. The van der Waals surface area contributed by atoms with Gasteiger partial charge in [0, 0.05) is 13.1 Å². The van der Waals surface area contributed by atoms with Crippen LogP contribution in [0.1, 0.15) is 49.8 Å². The number of morpholine rings is 1. The van der Waals surface area contributed by atoms with Gasteiger partial charge in [-0.05, 0) is 37.8 Å². The third-order valence-corrected chi connectivity index (χ3v) is 5.29. The number of aliphatic imine (C=N–C) groups is 1. The van der Waals surface area contributed by atoms with E-state index in [1.807, 2.05) is 0 Å². The molecule has 0 bridgehead atoms. The van der Waals surface area contributed by atoms with Gasteiger partial charge in [-0.1, -0.05) is 37.1 Å². The lowest BCUT2D eigenvalue weighted by atomic mass is 10.0. The minimum Gasteiger partial charge on any atom is -0.388 e. The maximum Gasteiger partial charge on any atom is 0.194 e. The molecule has 5 heteroatoms. The summed E-state index contributed by atoms with van der Waals surface area (Å²) in [4.78, 5) is 7.03. The number of nitrogens with one attached hydrogen (secondary N) is 1. The van der Waals surface area contributed by atoms with E-state index in [2.05, 4.69) is 48.3 Å². The minimum atomic E-state index is -0.609. The first-order chi connectivity index (χ1) is 12.1. The van der Waals surface area contributed by atoms with Crippen molar-refractivity contribution in [3.63, 3.8) is 0 Å². The van der Waals surface area contributed by atoms with Gasteiger partial charge in [0.2, 0.25) is 0 Å². The average molecular weight is 345 g/mol. The van der Waals surface area contributed by atoms with Crippen molar-refractivity contribution in [2.75, 3.05) is 32.8 Å². The Bertz CT molecular complexity index is 596. The standard InChI is InChI=1S/C20H31N3O2/c1-3-21-19(22-15-20(24)10-6-7-11-20)23-12-13-25-18(14-23)17-9-5-4-8-16(17)2/h4-5,8-9,18,24H,3,6-7,10-15H2,1-2H3,(H,21,22). The van der Waals surface area contributed by atoms with Crippen LogP contribution >= 0.6 is 0 Å². The van der Waals surface area contributed by atoms with Gasteiger partial charge in [0.15, 0.2) is 5.96 Å². The molecule has 1 saturated carbocycles. The highest BCUT2D eigenvalue weighted by Gasteiger charge is 2.31. The number of aliphatic hydroxyl groups is 1. The molecule has 0 amide bonds. The van der Waals surface area contributed by atoms with Gasteiger partial charge >= 0.3 is 0 Å². The Morgan fingerprint density at radius 1 is 1.36 bits per heavy atom. The molecule has 1 heterocycles. The minimum absolute atomic E-state index is 0.0633. The van der Waals surface area contributed by atoms with E-state index in [-0.39, 0.29) is 6.10 Å². The SMILES string of the molecule is CCNC(=NCC1(O)CCCC1)N1CCOC(c2ccccc2C)C1. The number of hydrogen-bond acceptors (Lipinski definition) is 3. The molecule has 2 N–H and O–H groups in total. The third-order valence-electron chi connectivity index (χ3n) is 5.29. The smallest absolute Gasteiger partial charge is 0.194 e. The van der Waals surface area contributed by atoms with Crippen LogP contribution < -0.4 is 5.32 Å². The molecule has 0 aromatic heterocycles. The van der Waals surface area contributed by atoms with Crippen LogP contribution in [-0.4, -0.2) is 54.4 Å². The summed E-state index contributed by atoms with van der Waals surface area (Å²) < 4.78 is 6.03. The first-order valence-electron chi connectivity index (χ1n) is 9.54. The Kier molecular flexibility index (Phi) is 5.97. The van der Waals surface area contributed by atoms with Gasteiger partial charge in [0.25, 0.3) is 0 Å². The molecule has 1 saturated heterocycles. The summed E-state index contributed by atoms with van der Waals surface area (Å²) in [6.07, 6.45) is 4.01. The van der Waals surface area contributed by atoms with Crippen LogP contribution in [0.5, 0.6) is 0 Å². The van der Waals surface area contributed by atoms with Crippen LogP contribution in [0.4, 0.5) is 0 Å². The molecule has 1 aromatic rings. The second-order valence-corrected chi connectivity index (χ2v) is 7.26. The van der Waals surface area contributed by atoms with Crippen LogP contribution in [0, 0.1) is 6.92 Å². The molecule has 1 aliphatic heterocycles. The highest BCUT2D eigenvalue weighted by Crippen LogP contribution is 2.30. The number of benzene rings is 1. The van der Waals surface area contributed by atoms with Crippen molar-refractivity contribution in [1.82, 2.24) is 10.2 Å². The number of nitrogens with zero attached hydrogens (tertiary/aromatic N) is 2. The van der Waals surface area contributed by atoms with Crippen molar-refractivity contribution >= 4 is 5.96 Å². The van der Waals surface area contributed by atoms with Gasteiger partial charge in [-0.25, -0.2) is 0 Å². The van der Waals surface area contributed by atoms with Gasteiger partial charge in [-0.3, -0.25) is 4.99 Å². The monoisotopic (exact) mass is 345 g/mol. The molecule has 0 radical (unpaired) electrons. The number of hydrogen-bond donors (Lipinski definition) is 2. The van der Waals surface area contributed by atoms with Crippen LogP contribution in [0.15, 0.2) is 29.3 Å². The second-order valence-electron chi connectivity index (χ2n) is 7.26. The fourth-order valence-corrected chi connectivity index (χ4v) is 3.82. The summed E-state index contributed by atoms with van der Waals surface area (Å²) in [6, 6.07) is 8.41. The highest BCUT2D eigenvalue weighted by atomic mass is 16.5. The van der Waals surface area contributed by atoms with E-state index in [9.17, 15) is 5.11 Å². The number of rotatable bonds is 4. The lowest BCUT2D eigenvalue weighted by Crippen LogP contribution is -2.48. The van der Waals surface area contributed by atoms with E-state index in [1.54, 1.807) is 0 Å². The molecular formula is C20H31N3O2. The fraction of sp³-hybridized carbons (Fsp3) is 0.650. The van der Waals surface area contributed by atoms with Crippen LogP contribution in [0.3, 0.4) is 0 Å². The van der Waals surface area contributed by atoms with Crippen molar-refractivity contribution in [3.8, 4) is 0 Å². The Morgan fingerprint density at radius 2 is 2.12 bits per heavy atom. The van der Waals surface area contributed by atoms with Gasteiger partial charge in [-0.2, -0.15) is 0 Å². The zero-order chi connectivity index (χ0) is 17.7. The topological polar surface area (TPSA) is 57.1 Å². The summed E-state index contributed by atoms with van der Waals surface area (Å²) >= 11 is 0. The van der Waals surface area contributed by atoms with Crippen LogP contribution in [0.2, 0.25) is 0 Å². The summed E-state index contributed by atoms with van der Waals surface area (Å²) in [7, 11) is 0. The zero-order valence-corrected chi connectivity index (χ0v) is 15.5. The Labute approximate surface area is 151 Å². The summed E-state index contributed by atoms with van der Waals surface area (Å²) in [5, 5.41) is 14.0. The van der Waals surface area contributed by atoms with E-state index < -0.39 is 5.60 Å². The van der Waals surface area contributed by atoms with Crippen molar-refractivity contribution in [2.45, 2.75) is 51.2 Å². The quantitative estimate of drug-likeness (QED) is 0.651. The maximum absolute atomic E-state index is 10.6. The molecule has 2 aliphatic rings.